The molecule has 53 heavy (non-hydrogen) atoms. The summed E-state index contributed by atoms with van der Waals surface area (Å²) in [5.74, 6) is 0.789. The second kappa shape index (κ2) is 23.0. The Morgan fingerprint density at radius 1 is 0.906 bits per heavy atom. The molecule has 19 nitrogen and oxygen atoms in total. The van der Waals surface area contributed by atoms with Crippen molar-refractivity contribution in [2.45, 2.75) is 86.8 Å². The number of hydrogen-bond donors (Lipinski definition) is 8. The van der Waals surface area contributed by atoms with Crippen molar-refractivity contribution in [3.05, 3.63) is 22.2 Å². The Kier molecular flexibility index (Phi) is 18.5. The maximum absolute atomic E-state index is 12.3. The molecule has 7 atom stereocenters. The third-order valence-electron chi connectivity index (χ3n) is 9.04. The van der Waals surface area contributed by atoms with Crippen molar-refractivity contribution in [1.82, 2.24) is 30.8 Å². The number of nitrogens with two attached hydrogens (primary N) is 1. The Hall–Kier alpha value is -3.08. The summed E-state index contributed by atoms with van der Waals surface area (Å²) in [5.41, 5.74) is 5.64. The molecule has 9 N–H and O–H groups in total. The van der Waals surface area contributed by atoms with E-state index in [0.29, 0.717) is 89.4 Å². The van der Waals surface area contributed by atoms with E-state index in [9.17, 15) is 34.5 Å². The second-order valence-corrected chi connectivity index (χ2v) is 14.2. The number of anilines is 1. The Balaban J connectivity index is 0.889. The van der Waals surface area contributed by atoms with Gasteiger partial charge in [0.15, 0.2) is 6.23 Å². The number of nitrogen functional groups attached to an aromatic ring is 1. The van der Waals surface area contributed by atoms with E-state index in [1.165, 1.54) is 6.20 Å². The van der Waals surface area contributed by atoms with Crippen LogP contribution in [0.2, 0.25) is 0 Å². The monoisotopic (exact) mass is 773 g/mol. The van der Waals surface area contributed by atoms with Gasteiger partial charge in [-0.3, -0.25) is 14.2 Å². The molecular formula is C33H55N7O12S. The zero-order valence-corrected chi connectivity index (χ0v) is 30.8. The van der Waals surface area contributed by atoms with E-state index in [4.69, 9.17) is 29.4 Å². The van der Waals surface area contributed by atoms with Gasteiger partial charge in [-0.25, -0.2) is 9.59 Å². The standard InChI is InChI=1S/C33H55N7O12S/c34-30-21(18-40(33(47)39-30)31-29(45)28(44)23(19-41)52-31)4-3-8-35-26(43)7-10-48-12-14-50-16-17-51-15-13-49-11-9-36-25(42)6-2-1-5-24-27-22(20-53-24)37-32(46)38-27/h18,22-24,27-29,31,41,44-45H,1-17,19-20H2,(H,35,43)(H,36,42)(H2,34,39,47)(H2,37,38,46)/t22-,23+,24-,27-,28?,29?,31+/m0/s1. The number of unbranched alkanes of at least 4 members (excludes halogenated alkanes) is 1. The van der Waals surface area contributed by atoms with Crippen LogP contribution < -0.4 is 32.7 Å². The molecule has 4 heterocycles. The van der Waals surface area contributed by atoms with Gasteiger partial charge in [0.2, 0.25) is 11.8 Å². The molecule has 3 saturated heterocycles. The number of hydrogen-bond acceptors (Lipinski definition) is 15. The first kappa shape index (κ1) is 42.7. The highest BCUT2D eigenvalue weighted by Crippen LogP contribution is 2.33. The van der Waals surface area contributed by atoms with Gasteiger partial charge in [0, 0.05) is 48.7 Å². The Bertz CT molecular complexity index is 1360. The molecule has 0 spiro atoms. The number of amides is 4. The molecular weight excluding hydrogens is 718 g/mol. The Labute approximate surface area is 312 Å². The van der Waals surface area contributed by atoms with Gasteiger partial charge in [-0.1, -0.05) is 6.42 Å². The minimum absolute atomic E-state index is 0.0134. The maximum Gasteiger partial charge on any atom is 0.351 e. The Morgan fingerprint density at radius 3 is 2.26 bits per heavy atom. The van der Waals surface area contributed by atoms with Gasteiger partial charge in [-0.05, 0) is 25.7 Å². The minimum atomic E-state index is -1.43. The van der Waals surface area contributed by atoms with Crippen LogP contribution in [0.1, 0.15) is 50.3 Å². The number of nitrogens with zero attached hydrogens (tertiary/aromatic N) is 2. The second-order valence-electron chi connectivity index (χ2n) is 12.9. The number of carbonyl (C=O) groups excluding carboxylic acids is 3. The predicted octanol–water partition coefficient (Wildman–Crippen LogP) is -2.22. The maximum atomic E-state index is 12.3. The molecule has 1 aromatic heterocycles. The summed E-state index contributed by atoms with van der Waals surface area (Å²) >= 11 is 1.88. The minimum Gasteiger partial charge on any atom is -0.394 e. The van der Waals surface area contributed by atoms with E-state index in [2.05, 4.69) is 26.3 Å². The van der Waals surface area contributed by atoms with Gasteiger partial charge in [0.25, 0.3) is 0 Å². The summed E-state index contributed by atoms with van der Waals surface area (Å²) in [4.78, 5) is 51.8. The molecule has 20 heteroatoms. The van der Waals surface area contributed by atoms with Crippen LogP contribution in [0.3, 0.4) is 0 Å². The number of nitrogens with one attached hydrogen (secondary N) is 4. The Morgan fingerprint density at radius 2 is 1.57 bits per heavy atom. The van der Waals surface area contributed by atoms with Gasteiger partial charge in [-0.2, -0.15) is 16.7 Å². The van der Waals surface area contributed by atoms with Crippen molar-refractivity contribution < 1.29 is 53.4 Å². The summed E-state index contributed by atoms with van der Waals surface area (Å²) in [7, 11) is 0. The third-order valence-corrected chi connectivity index (χ3v) is 10.5. The largest absolute Gasteiger partial charge is 0.394 e. The van der Waals surface area contributed by atoms with E-state index in [1.807, 2.05) is 11.8 Å². The number of aliphatic hydroxyl groups excluding tert-OH is 3. The quantitative estimate of drug-likeness (QED) is 0.0366. The van der Waals surface area contributed by atoms with Crippen LogP contribution in [0.15, 0.2) is 11.0 Å². The number of aliphatic hydroxyl groups is 3. The lowest BCUT2D eigenvalue weighted by atomic mass is 10.0. The van der Waals surface area contributed by atoms with Crippen LogP contribution in [0.4, 0.5) is 10.6 Å². The molecule has 0 radical (unpaired) electrons. The van der Waals surface area contributed by atoms with E-state index in [1.54, 1.807) is 0 Å². The van der Waals surface area contributed by atoms with Crippen molar-refractivity contribution in [1.29, 1.82) is 0 Å². The van der Waals surface area contributed by atoms with E-state index in [-0.39, 0.29) is 48.8 Å². The van der Waals surface area contributed by atoms with Gasteiger partial charge < -0.3 is 66.0 Å². The molecule has 0 bridgehead atoms. The molecule has 4 rings (SSSR count). The highest BCUT2D eigenvalue weighted by Gasteiger charge is 2.44. The van der Waals surface area contributed by atoms with Crippen LogP contribution >= 0.6 is 11.8 Å². The normalized spacial score (nSPS) is 24.9. The number of rotatable bonds is 26. The molecule has 0 aromatic carbocycles. The fourth-order valence-electron chi connectivity index (χ4n) is 6.15. The number of aromatic nitrogens is 2. The third kappa shape index (κ3) is 13.9. The average molecular weight is 774 g/mol. The van der Waals surface area contributed by atoms with Crippen molar-refractivity contribution >= 4 is 35.4 Å². The first-order valence-corrected chi connectivity index (χ1v) is 19.3. The first-order chi connectivity index (χ1) is 25.7. The van der Waals surface area contributed by atoms with Gasteiger partial charge >= 0.3 is 11.7 Å². The van der Waals surface area contributed by atoms with Crippen LogP contribution in [0, 0.1) is 0 Å². The fourth-order valence-corrected chi connectivity index (χ4v) is 7.70. The van der Waals surface area contributed by atoms with E-state index < -0.39 is 36.8 Å². The van der Waals surface area contributed by atoms with Gasteiger partial charge in [-0.15, -0.1) is 0 Å². The number of thioether (sulfide) groups is 1. The molecule has 3 aliphatic rings. The molecule has 4 amide bonds. The summed E-state index contributed by atoms with van der Waals surface area (Å²) in [6, 6.07) is 0.351. The summed E-state index contributed by atoms with van der Waals surface area (Å²) in [6.45, 7) is 3.21. The van der Waals surface area contributed by atoms with E-state index >= 15 is 0 Å². The number of carbonyl (C=O) groups is 3. The summed E-state index contributed by atoms with van der Waals surface area (Å²) in [6.07, 6.45) is 0.651. The van der Waals surface area contributed by atoms with Gasteiger partial charge in [0.05, 0.1) is 71.5 Å². The smallest absolute Gasteiger partial charge is 0.351 e. The topological polar surface area (TPSA) is 267 Å². The number of ether oxygens (including phenoxy) is 5. The van der Waals surface area contributed by atoms with Crippen molar-refractivity contribution in [2.24, 2.45) is 0 Å². The SMILES string of the molecule is Nc1nc(=O)n([C@@H]2O[C@H](CO)C(O)C2O)cc1CCCNC(=O)CCOCCOCCOCCOCCNC(=O)CCCC[C@@H]1SC[C@@H]2NC(=O)N[C@@H]21. The fraction of sp³-hybridized carbons (Fsp3) is 0.788. The van der Waals surface area contributed by atoms with Crippen molar-refractivity contribution in [2.75, 3.05) is 84.0 Å². The lowest BCUT2D eigenvalue weighted by molar-refractivity contribution is -0.122. The molecule has 300 valence electrons. The lowest BCUT2D eigenvalue weighted by Gasteiger charge is -2.18. The van der Waals surface area contributed by atoms with Crippen LogP contribution in [-0.4, -0.2) is 157 Å². The van der Waals surface area contributed by atoms with Crippen LogP contribution in [0.5, 0.6) is 0 Å². The van der Waals surface area contributed by atoms with Crippen molar-refractivity contribution in [3.8, 4) is 0 Å². The summed E-state index contributed by atoms with van der Waals surface area (Å²) in [5, 5.41) is 41.5. The molecule has 3 fully saturated rings. The van der Waals surface area contributed by atoms with Crippen LogP contribution in [-0.2, 0) is 39.7 Å². The first-order valence-electron chi connectivity index (χ1n) is 18.2. The lowest BCUT2D eigenvalue weighted by Crippen LogP contribution is -2.36. The molecule has 3 aliphatic heterocycles. The number of urea groups is 1. The zero-order chi connectivity index (χ0) is 38.0. The molecule has 0 aliphatic carbocycles. The van der Waals surface area contributed by atoms with Crippen molar-refractivity contribution in [3.63, 3.8) is 0 Å². The highest BCUT2D eigenvalue weighted by molar-refractivity contribution is 8.00. The molecule has 1 aromatic rings. The van der Waals surface area contributed by atoms with Crippen LogP contribution in [0.25, 0.3) is 0 Å². The average Bonchev–Trinajstić information content (AvgIpc) is 3.78. The molecule has 0 saturated carbocycles. The van der Waals surface area contributed by atoms with Gasteiger partial charge in [0.1, 0.15) is 24.1 Å². The summed E-state index contributed by atoms with van der Waals surface area (Å²) < 4.78 is 28.3. The highest BCUT2D eigenvalue weighted by atomic mass is 32.2. The number of fused-ring (bicyclic) bond motifs is 1. The predicted molar refractivity (Wildman–Crippen MR) is 192 cm³/mol. The van der Waals surface area contributed by atoms with E-state index in [0.717, 1.165) is 29.6 Å². The molecule has 2 unspecified atom stereocenters. The number of aryl methyl sites for hydroxylation is 1. The zero-order valence-electron chi connectivity index (χ0n) is 29.9.